The second-order valence-electron chi connectivity index (χ2n) is 10.8. The first kappa shape index (κ1) is 27.5. The number of fused-ring (bicyclic) bond motifs is 3. The van der Waals surface area contributed by atoms with E-state index < -0.39 is 24.4 Å². The van der Waals surface area contributed by atoms with Crippen molar-refractivity contribution < 1.29 is 0 Å². The maximum absolute atomic E-state index is 2.96. The average Bonchev–Trinajstić information content (AvgIpc) is 3.22. The van der Waals surface area contributed by atoms with E-state index in [0.717, 1.165) is 0 Å². The molecule has 0 unspecified atom stereocenters. The third kappa shape index (κ3) is 4.12. The maximum atomic E-state index is 2.96. The fraction of sp³-hybridized carbons (Fsp3) is 0.600. The molecule has 34 heavy (non-hydrogen) atoms. The molecule has 0 aliphatic rings. The number of nitrogens with zero attached hydrogens (tertiary/aromatic N) is 1. The minimum atomic E-state index is -1.65. The first-order valence-electron chi connectivity index (χ1n) is 14.4. The molecule has 3 aromatic rings. The summed E-state index contributed by atoms with van der Waals surface area (Å²) in [5.74, 6) is 0. The van der Waals surface area contributed by atoms with Crippen molar-refractivity contribution in [3.63, 3.8) is 0 Å². The lowest BCUT2D eigenvalue weighted by atomic mass is 10.1. The summed E-state index contributed by atoms with van der Waals surface area (Å²) in [4.78, 5) is 0. The van der Waals surface area contributed by atoms with Crippen molar-refractivity contribution >= 4 is 56.6 Å². The van der Waals surface area contributed by atoms with Gasteiger partial charge in [0.05, 0.1) is 16.1 Å². The third-order valence-corrected chi connectivity index (χ3v) is 27.1. The Morgan fingerprint density at radius 1 is 0.471 bits per heavy atom. The van der Waals surface area contributed by atoms with Gasteiger partial charge in [0.25, 0.3) is 0 Å². The predicted octanol–water partition coefficient (Wildman–Crippen LogP) is 9.08. The van der Waals surface area contributed by atoms with E-state index in [-0.39, 0.29) is 0 Å². The van der Waals surface area contributed by atoms with Gasteiger partial charge >= 0.3 is 0 Å². The van der Waals surface area contributed by atoms with Gasteiger partial charge in [0.1, 0.15) is 0 Å². The van der Waals surface area contributed by atoms with Crippen LogP contribution in [0.15, 0.2) is 36.4 Å². The van der Waals surface area contributed by atoms with Gasteiger partial charge in [-0.25, -0.2) is 0 Å². The van der Waals surface area contributed by atoms with Crippen LogP contribution in [-0.4, -0.2) is 28.6 Å². The highest BCUT2D eigenvalue weighted by atomic mass is 28.3. The monoisotopic (exact) mass is 509 g/mol. The summed E-state index contributed by atoms with van der Waals surface area (Å²) in [5, 5.41) is 6.39. The highest BCUT2D eigenvalue weighted by Crippen LogP contribution is 2.37. The summed E-state index contributed by atoms with van der Waals surface area (Å²) in [7, 11) is -4.49. The standard InChI is InChI=1S/C30H51NSi3/c1-10-32(11-2,12-3)25-19-21-27-28-22-20-26(33(13-4,14-5)15-6)24-30(28)31(29(27)23-25)34(16-7,17-8)18-9/h19-24H,10-18H2,1-9H3. The Bertz CT molecular complexity index is 999. The van der Waals surface area contributed by atoms with Gasteiger partial charge in [0, 0.05) is 21.8 Å². The topological polar surface area (TPSA) is 4.93 Å². The highest BCUT2D eigenvalue weighted by molar-refractivity contribution is 6.92. The predicted molar refractivity (Wildman–Crippen MR) is 166 cm³/mol. The first-order chi connectivity index (χ1) is 16.3. The molecule has 1 nitrogen and oxygen atoms in total. The lowest BCUT2D eigenvalue weighted by molar-refractivity contribution is 1.06. The van der Waals surface area contributed by atoms with Gasteiger partial charge in [-0.2, -0.15) is 0 Å². The highest BCUT2D eigenvalue weighted by Gasteiger charge is 2.36. The lowest BCUT2D eigenvalue weighted by Crippen LogP contribution is -2.46. The zero-order valence-electron chi connectivity index (χ0n) is 23.8. The van der Waals surface area contributed by atoms with E-state index in [1.54, 1.807) is 21.4 Å². The number of hydrogen-bond acceptors (Lipinski definition) is 0. The van der Waals surface area contributed by atoms with Gasteiger partial charge in [0.2, 0.25) is 0 Å². The quantitative estimate of drug-likeness (QED) is 0.214. The van der Waals surface area contributed by atoms with Gasteiger partial charge < -0.3 is 4.23 Å². The summed E-state index contributed by atoms with van der Waals surface area (Å²) in [6, 6.07) is 27.5. The van der Waals surface area contributed by atoms with Crippen LogP contribution in [0.25, 0.3) is 21.8 Å². The van der Waals surface area contributed by atoms with Crippen molar-refractivity contribution in [1.82, 2.24) is 4.23 Å². The largest absolute Gasteiger partial charge is 0.368 e. The fourth-order valence-electron chi connectivity index (χ4n) is 7.14. The summed E-state index contributed by atoms with van der Waals surface area (Å²) >= 11 is 0. The van der Waals surface area contributed by atoms with E-state index >= 15 is 0 Å². The van der Waals surface area contributed by atoms with Gasteiger partial charge in [0.15, 0.2) is 8.24 Å². The van der Waals surface area contributed by atoms with Crippen molar-refractivity contribution in [1.29, 1.82) is 0 Å². The molecule has 4 heteroatoms. The molecule has 0 aliphatic heterocycles. The Kier molecular flexibility index (Phi) is 8.79. The number of rotatable bonds is 12. The van der Waals surface area contributed by atoms with E-state index in [1.807, 2.05) is 0 Å². The number of hydrogen-bond donors (Lipinski definition) is 0. The summed E-state index contributed by atoms with van der Waals surface area (Å²) in [5.41, 5.74) is 3.12. The summed E-state index contributed by atoms with van der Waals surface area (Å²) in [6.45, 7) is 22.1. The van der Waals surface area contributed by atoms with Crippen LogP contribution in [0.1, 0.15) is 62.3 Å². The first-order valence-corrected chi connectivity index (χ1v) is 22.3. The van der Waals surface area contributed by atoms with Crippen LogP contribution in [-0.2, 0) is 0 Å². The van der Waals surface area contributed by atoms with Crippen LogP contribution < -0.4 is 10.4 Å². The Morgan fingerprint density at radius 3 is 1.06 bits per heavy atom. The Labute approximate surface area is 213 Å². The van der Waals surface area contributed by atoms with Gasteiger partial charge in [-0.3, -0.25) is 0 Å². The fourth-order valence-corrected chi connectivity index (χ4v) is 18.2. The molecule has 0 saturated carbocycles. The van der Waals surface area contributed by atoms with Crippen molar-refractivity contribution in [3.8, 4) is 0 Å². The molecule has 188 valence electrons. The zero-order chi connectivity index (χ0) is 25.1. The molecule has 2 aromatic carbocycles. The summed E-state index contributed by atoms with van der Waals surface area (Å²) < 4.78 is 2.96. The second kappa shape index (κ2) is 10.9. The minimum absolute atomic E-state index is 1.32. The van der Waals surface area contributed by atoms with E-state index in [4.69, 9.17) is 0 Å². The molecule has 0 saturated heterocycles. The Hall–Kier alpha value is -1.11. The Balaban J connectivity index is 2.48. The van der Waals surface area contributed by atoms with Crippen LogP contribution in [0.5, 0.6) is 0 Å². The molecule has 0 fully saturated rings. The molecule has 0 radical (unpaired) electrons. The molecule has 0 N–H and O–H groups in total. The van der Waals surface area contributed by atoms with E-state index in [0.29, 0.717) is 0 Å². The van der Waals surface area contributed by atoms with Gasteiger partial charge in [-0.1, -0.05) is 133 Å². The smallest absolute Gasteiger partial charge is 0.161 e. The van der Waals surface area contributed by atoms with Crippen LogP contribution in [0.2, 0.25) is 54.4 Å². The molecule has 1 aromatic heterocycles. The molecule has 0 atom stereocenters. The lowest BCUT2D eigenvalue weighted by Gasteiger charge is -2.34. The number of aromatic nitrogens is 1. The van der Waals surface area contributed by atoms with Crippen molar-refractivity contribution in [3.05, 3.63) is 36.4 Å². The third-order valence-electron chi connectivity index (χ3n) is 10.5. The zero-order valence-corrected chi connectivity index (χ0v) is 26.8. The normalized spacial score (nSPS) is 13.3. The van der Waals surface area contributed by atoms with Crippen LogP contribution in [0, 0.1) is 0 Å². The molecular weight excluding hydrogens is 459 g/mol. The molecule has 0 spiro atoms. The van der Waals surface area contributed by atoms with E-state index in [9.17, 15) is 0 Å². The number of benzene rings is 2. The molecule has 3 rings (SSSR count). The minimum Gasteiger partial charge on any atom is -0.368 e. The average molecular weight is 510 g/mol. The molecule has 0 bridgehead atoms. The maximum Gasteiger partial charge on any atom is 0.161 e. The summed E-state index contributed by atoms with van der Waals surface area (Å²) in [6.07, 6.45) is 0. The molecule has 1 heterocycles. The van der Waals surface area contributed by atoms with Crippen molar-refractivity contribution in [2.24, 2.45) is 0 Å². The molecule has 0 amide bonds. The van der Waals surface area contributed by atoms with E-state index in [1.165, 1.54) is 65.2 Å². The van der Waals surface area contributed by atoms with Crippen LogP contribution in [0.3, 0.4) is 0 Å². The van der Waals surface area contributed by atoms with Gasteiger partial charge in [-0.05, 0) is 30.3 Å². The second-order valence-corrected chi connectivity index (χ2v) is 26.3. The van der Waals surface area contributed by atoms with Crippen molar-refractivity contribution in [2.75, 3.05) is 0 Å². The Morgan fingerprint density at radius 2 is 0.794 bits per heavy atom. The molecular formula is C30H51NSi3. The van der Waals surface area contributed by atoms with Gasteiger partial charge in [-0.15, -0.1) is 0 Å². The molecule has 0 aliphatic carbocycles. The van der Waals surface area contributed by atoms with E-state index in [2.05, 4.69) is 103 Å². The van der Waals surface area contributed by atoms with Crippen LogP contribution in [0.4, 0.5) is 0 Å². The SMILES string of the molecule is CC[Si](CC)(CC)c1ccc2c3ccc([Si](CC)(CC)CC)cc3n([Si](CC)(CC)CC)c2c1. The van der Waals surface area contributed by atoms with Crippen LogP contribution >= 0.6 is 0 Å². The van der Waals surface area contributed by atoms with Crippen molar-refractivity contribution in [2.45, 2.75) is 117 Å².